The van der Waals surface area contributed by atoms with Gasteiger partial charge in [0.25, 0.3) is 0 Å². The van der Waals surface area contributed by atoms with E-state index in [4.69, 9.17) is 10.5 Å². The average Bonchev–Trinajstić information content (AvgIpc) is 2.77. The van der Waals surface area contributed by atoms with Gasteiger partial charge in [-0.2, -0.15) is 0 Å². The van der Waals surface area contributed by atoms with E-state index in [-0.39, 0.29) is 6.04 Å². The molecule has 0 spiro atoms. The van der Waals surface area contributed by atoms with Gasteiger partial charge in [-0.1, -0.05) is 12.1 Å². The molecule has 1 aliphatic rings. The summed E-state index contributed by atoms with van der Waals surface area (Å²) in [5, 5.41) is 0. The fourth-order valence-electron chi connectivity index (χ4n) is 2.50. The molecular formula is C15H23NO. The van der Waals surface area contributed by atoms with Crippen LogP contribution in [0.3, 0.4) is 0 Å². The van der Waals surface area contributed by atoms with E-state index >= 15 is 0 Å². The normalized spacial score (nSPS) is 18.4. The number of rotatable bonds is 3. The van der Waals surface area contributed by atoms with E-state index in [0.717, 1.165) is 11.3 Å². The van der Waals surface area contributed by atoms with E-state index in [9.17, 15) is 0 Å². The van der Waals surface area contributed by atoms with Crippen LogP contribution in [-0.2, 0) is 0 Å². The summed E-state index contributed by atoms with van der Waals surface area (Å²) in [7, 11) is 0. The molecule has 0 radical (unpaired) electrons. The van der Waals surface area contributed by atoms with Gasteiger partial charge in [0.1, 0.15) is 5.75 Å². The lowest BCUT2D eigenvalue weighted by Gasteiger charge is -2.21. The lowest BCUT2D eigenvalue weighted by molar-refractivity contribution is 0.205. The second-order valence-corrected chi connectivity index (χ2v) is 5.24. The maximum absolute atomic E-state index is 6.20. The summed E-state index contributed by atoms with van der Waals surface area (Å²) in [6.45, 7) is 6.28. The molecule has 2 rings (SSSR count). The summed E-state index contributed by atoms with van der Waals surface area (Å²) in [6.07, 6.45) is 5.36. The first-order valence-electron chi connectivity index (χ1n) is 6.62. The number of aryl methyl sites for hydroxylation is 1. The Labute approximate surface area is 104 Å². The van der Waals surface area contributed by atoms with Crippen molar-refractivity contribution >= 4 is 0 Å². The molecule has 2 N–H and O–H groups in total. The van der Waals surface area contributed by atoms with Crippen LogP contribution >= 0.6 is 0 Å². The Bertz CT molecular complexity index is 392. The van der Waals surface area contributed by atoms with E-state index in [1.807, 2.05) is 6.92 Å². The van der Waals surface area contributed by atoms with Gasteiger partial charge >= 0.3 is 0 Å². The first-order chi connectivity index (χ1) is 8.09. The summed E-state index contributed by atoms with van der Waals surface area (Å²) in [4.78, 5) is 0. The summed E-state index contributed by atoms with van der Waals surface area (Å²) in [5.41, 5.74) is 9.69. The monoisotopic (exact) mass is 233 g/mol. The highest BCUT2D eigenvalue weighted by Gasteiger charge is 2.20. The highest BCUT2D eigenvalue weighted by Crippen LogP contribution is 2.33. The van der Waals surface area contributed by atoms with Crippen molar-refractivity contribution in [3.63, 3.8) is 0 Å². The van der Waals surface area contributed by atoms with Crippen molar-refractivity contribution in [3.05, 3.63) is 28.8 Å². The van der Waals surface area contributed by atoms with Crippen LogP contribution in [0.2, 0.25) is 0 Å². The molecule has 1 atom stereocenters. The summed E-state index contributed by atoms with van der Waals surface area (Å²) in [6, 6.07) is 4.28. The zero-order valence-electron chi connectivity index (χ0n) is 11.1. The molecular weight excluding hydrogens is 210 g/mol. The first kappa shape index (κ1) is 12.4. The zero-order valence-corrected chi connectivity index (χ0v) is 11.1. The van der Waals surface area contributed by atoms with Crippen LogP contribution in [0.1, 0.15) is 55.3 Å². The van der Waals surface area contributed by atoms with E-state index in [2.05, 4.69) is 26.0 Å². The largest absolute Gasteiger partial charge is 0.490 e. The Morgan fingerprint density at radius 2 is 1.88 bits per heavy atom. The van der Waals surface area contributed by atoms with Crippen LogP contribution in [0.4, 0.5) is 0 Å². The first-order valence-corrected chi connectivity index (χ1v) is 6.62. The zero-order chi connectivity index (χ0) is 12.4. The minimum atomic E-state index is 0.0331. The van der Waals surface area contributed by atoms with Crippen LogP contribution in [-0.4, -0.2) is 6.10 Å². The fraction of sp³-hybridized carbons (Fsp3) is 0.600. The molecule has 0 bridgehead atoms. The van der Waals surface area contributed by atoms with Gasteiger partial charge in [0.2, 0.25) is 0 Å². The van der Waals surface area contributed by atoms with Crippen molar-refractivity contribution in [2.75, 3.05) is 0 Å². The number of ether oxygens (including phenoxy) is 1. The highest BCUT2D eigenvalue weighted by atomic mass is 16.5. The molecule has 0 aliphatic heterocycles. The van der Waals surface area contributed by atoms with Gasteiger partial charge in [0.15, 0.2) is 0 Å². The van der Waals surface area contributed by atoms with E-state index in [1.165, 1.54) is 36.8 Å². The summed E-state index contributed by atoms with van der Waals surface area (Å²) in [5.74, 6) is 1.03. The maximum Gasteiger partial charge on any atom is 0.127 e. The van der Waals surface area contributed by atoms with E-state index in [1.54, 1.807) is 0 Å². The molecule has 1 fully saturated rings. The molecule has 1 unspecified atom stereocenters. The van der Waals surface area contributed by atoms with Gasteiger partial charge in [0, 0.05) is 11.6 Å². The van der Waals surface area contributed by atoms with Gasteiger partial charge in [-0.15, -0.1) is 0 Å². The van der Waals surface area contributed by atoms with Gasteiger partial charge in [0.05, 0.1) is 6.10 Å². The van der Waals surface area contributed by atoms with Crippen molar-refractivity contribution < 1.29 is 4.74 Å². The standard InChI is InChI=1S/C15H23NO/c1-10-8-9-14(12(3)16)15(11(10)2)17-13-6-4-5-7-13/h8-9,12-13H,4-7,16H2,1-3H3. The van der Waals surface area contributed by atoms with Crippen molar-refractivity contribution in [1.82, 2.24) is 0 Å². The smallest absolute Gasteiger partial charge is 0.127 e. The third-order valence-corrected chi connectivity index (χ3v) is 3.78. The molecule has 1 saturated carbocycles. The minimum absolute atomic E-state index is 0.0331. The van der Waals surface area contributed by atoms with E-state index < -0.39 is 0 Å². The Kier molecular flexibility index (Phi) is 3.72. The minimum Gasteiger partial charge on any atom is -0.490 e. The Balaban J connectivity index is 2.31. The quantitative estimate of drug-likeness (QED) is 0.865. The number of hydrogen-bond acceptors (Lipinski definition) is 2. The van der Waals surface area contributed by atoms with Crippen LogP contribution in [0.5, 0.6) is 5.75 Å². The number of nitrogens with two attached hydrogens (primary N) is 1. The molecule has 17 heavy (non-hydrogen) atoms. The Morgan fingerprint density at radius 3 is 2.47 bits per heavy atom. The van der Waals surface area contributed by atoms with Gasteiger partial charge < -0.3 is 10.5 Å². The van der Waals surface area contributed by atoms with Gasteiger partial charge in [-0.25, -0.2) is 0 Å². The maximum atomic E-state index is 6.20. The molecule has 1 aromatic rings. The lowest BCUT2D eigenvalue weighted by Crippen LogP contribution is -2.16. The topological polar surface area (TPSA) is 35.2 Å². The predicted molar refractivity (Wildman–Crippen MR) is 71.4 cm³/mol. The lowest BCUT2D eigenvalue weighted by atomic mass is 10.0. The van der Waals surface area contributed by atoms with Crippen molar-refractivity contribution in [2.45, 2.75) is 58.6 Å². The van der Waals surface area contributed by atoms with Crippen LogP contribution in [0.25, 0.3) is 0 Å². The molecule has 2 nitrogen and oxygen atoms in total. The third-order valence-electron chi connectivity index (χ3n) is 3.78. The van der Waals surface area contributed by atoms with Crippen molar-refractivity contribution in [1.29, 1.82) is 0 Å². The van der Waals surface area contributed by atoms with Crippen LogP contribution in [0.15, 0.2) is 12.1 Å². The Hall–Kier alpha value is -1.02. The molecule has 0 saturated heterocycles. The van der Waals surface area contributed by atoms with Crippen LogP contribution in [0, 0.1) is 13.8 Å². The molecule has 0 aromatic heterocycles. The second-order valence-electron chi connectivity index (χ2n) is 5.24. The molecule has 1 aromatic carbocycles. The Morgan fingerprint density at radius 1 is 1.24 bits per heavy atom. The van der Waals surface area contributed by atoms with Gasteiger partial charge in [-0.05, 0) is 57.6 Å². The molecule has 0 amide bonds. The fourth-order valence-corrected chi connectivity index (χ4v) is 2.50. The predicted octanol–water partition coefficient (Wildman–Crippen LogP) is 3.64. The summed E-state index contributed by atoms with van der Waals surface area (Å²) >= 11 is 0. The molecule has 94 valence electrons. The molecule has 2 heteroatoms. The number of hydrogen-bond donors (Lipinski definition) is 1. The van der Waals surface area contributed by atoms with Crippen molar-refractivity contribution in [3.8, 4) is 5.75 Å². The summed E-state index contributed by atoms with van der Waals surface area (Å²) < 4.78 is 6.20. The highest BCUT2D eigenvalue weighted by molar-refractivity contribution is 5.46. The average molecular weight is 233 g/mol. The van der Waals surface area contributed by atoms with Crippen molar-refractivity contribution in [2.24, 2.45) is 5.73 Å². The second kappa shape index (κ2) is 5.09. The van der Waals surface area contributed by atoms with Crippen LogP contribution < -0.4 is 10.5 Å². The third kappa shape index (κ3) is 2.63. The molecule has 0 heterocycles. The molecule has 1 aliphatic carbocycles. The van der Waals surface area contributed by atoms with Gasteiger partial charge in [-0.3, -0.25) is 0 Å². The number of benzene rings is 1. The SMILES string of the molecule is Cc1ccc(C(C)N)c(OC2CCCC2)c1C. The van der Waals surface area contributed by atoms with E-state index in [0.29, 0.717) is 6.10 Å².